The minimum absolute atomic E-state index is 0.0372. The highest BCUT2D eigenvalue weighted by molar-refractivity contribution is 5.94. The molecule has 8 heteroatoms. The van der Waals surface area contributed by atoms with Crippen LogP contribution in [0.15, 0.2) is 24.3 Å². The number of hydrogen-bond donors (Lipinski definition) is 1. The van der Waals surface area contributed by atoms with Gasteiger partial charge in [-0.25, -0.2) is 0 Å². The van der Waals surface area contributed by atoms with Crippen molar-refractivity contribution in [3.63, 3.8) is 0 Å². The van der Waals surface area contributed by atoms with Crippen LogP contribution in [0.1, 0.15) is 23.2 Å². The molecule has 0 unspecified atom stereocenters. The first-order chi connectivity index (χ1) is 11.0. The molecule has 8 nitrogen and oxygen atoms in total. The Morgan fingerprint density at radius 1 is 1.13 bits per heavy atom. The number of carbonyl (C=O) groups excluding carboxylic acids is 1. The standard InChI is InChI=1S/C15H19N3O5/c19-14(20)2-1-7-16-8-10-17(11-9-16)15(21)12-3-5-13(6-4-12)18(22)23/h3-6H,1-2,7-11H2,(H,19,20). The Bertz CT molecular complexity index is 579. The molecule has 1 heterocycles. The lowest BCUT2D eigenvalue weighted by molar-refractivity contribution is -0.384. The number of non-ortho nitro benzene ring substituents is 1. The summed E-state index contributed by atoms with van der Waals surface area (Å²) in [5, 5.41) is 19.2. The lowest BCUT2D eigenvalue weighted by atomic mass is 10.1. The highest BCUT2D eigenvalue weighted by atomic mass is 16.6. The number of carbonyl (C=O) groups is 2. The summed E-state index contributed by atoms with van der Waals surface area (Å²) in [5.41, 5.74) is 0.403. The van der Waals surface area contributed by atoms with Gasteiger partial charge in [0.05, 0.1) is 4.92 Å². The van der Waals surface area contributed by atoms with E-state index in [9.17, 15) is 19.7 Å². The number of carboxylic acids is 1. The Morgan fingerprint density at radius 2 is 1.74 bits per heavy atom. The van der Waals surface area contributed by atoms with Gasteiger partial charge in [0.2, 0.25) is 0 Å². The molecule has 1 aromatic rings. The molecular formula is C15H19N3O5. The van der Waals surface area contributed by atoms with E-state index in [1.54, 1.807) is 4.90 Å². The second kappa shape index (κ2) is 7.68. The van der Waals surface area contributed by atoms with Crippen LogP contribution in [0.5, 0.6) is 0 Å². The van der Waals surface area contributed by atoms with E-state index in [-0.39, 0.29) is 18.0 Å². The van der Waals surface area contributed by atoms with Crippen molar-refractivity contribution in [3.8, 4) is 0 Å². The molecule has 1 saturated heterocycles. The monoisotopic (exact) mass is 321 g/mol. The second-order valence-electron chi connectivity index (χ2n) is 5.44. The van der Waals surface area contributed by atoms with Crippen LogP contribution in [0.25, 0.3) is 0 Å². The summed E-state index contributed by atoms with van der Waals surface area (Å²) in [5.74, 6) is -0.929. The summed E-state index contributed by atoms with van der Waals surface area (Å²) in [7, 11) is 0. The molecule has 1 amide bonds. The molecule has 0 aromatic heterocycles. The Labute approximate surface area is 133 Å². The molecule has 124 valence electrons. The first-order valence-electron chi connectivity index (χ1n) is 7.45. The first-order valence-corrected chi connectivity index (χ1v) is 7.45. The lowest BCUT2D eigenvalue weighted by Gasteiger charge is -2.34. The van der Waals surface area contributed by atoms with Gasteiger partial charge in [0.25, 0.3) is 11.6 Å². The third-order valence-electron chi connectivity index (χ3n) is 3.85. The van der Waals surface area contributed by atoms with Gasteiger partial charge in [-0.2, -0.15) is 0 Å². The molecule has 1 fully saturated rings. The van der Waals surface area contributed by atoms with E-state index >= 15 is 0 Å². The van der Waals surface area contributed by atoms with E-state index < -0.39 is 10.9 Å². The van der Waals surface area contributed by atoms with E-state index in [0.29, 0.717) is 44.7 Å². The Balaban J connectivity index is 1.83. The number of nitro groups is 1. The van der Waals surface area contributed by atoms with Crippen molar-refractivity contribution in [1.29, 1.82) is 0 Å². The molecule has 2 rings (SSSR count). The molecule has 1 aliphatic rings. The molecule has 0 atom stereocenters. The predicted molar refractivity (Wildman–Crippen MR) is 82.3 cm³/mol. The number of rotatable bonds is 6. The fourth-order valence-corrected chi connectivity index (χ4v) is 2.54. The largest absolute Gasteiger partial charge is 0.481 e. The molecular weight excluding hydrogens is 302 g/mol. The Kier molecular flexibility index (Phi) is 5.64. The number of hydrogen-bond acceptors (Lipinski definition) is 5. The molecule has 1 aromatic carbocycles. The predicted octanol–water partition coefficient (Wildman–Crippen LogP) is 1.22. The van der Waals surface area contributed by atoms with Crippen molar-refractivity contribution in [1.82, 2.24) is 9.80 Å². The topological polar surface area (TPSA) is 104 Å². The Morgan fingerprint density at radius 3 is 2.26 bits per heavy atom. The zero-order valence-electron chi connectivity index (χ0n) is 12.7. The molecule has 0 spiro atoms. The minimum Gasteiger partial charge on any atom is -0.481 e. The maximum Gasteiger partial charge on any atom is 0.303 e. The number of piperazine rings is 1. The number of nitro benzene ring substituents is 1. The molecule has 0 radical (unpaired) electrons. The van der Waals surface area contributed by atoms with Crippen LogP contribution >= 0.6 is 0 Å². The normalized spacial score (nSPS) is 15.4. The van der Waals surface area contributed by atoms with E-state index in [2.05, 4.69) is 4.90 Å². The minimum atomic E-state index is -0.794. The van der Waals surface area contributed by atoms with Gasteiger partial charge >= 0.3 is 5.97 Å². The smallest absolute Gasteiger partial charge is 0.303 e. The van der Waals surface area contributed by atoms with Crippen molar-refractivity contribution in [2.45, 2.75) is 12.8 Å². The van der Waals surface area contributed by atoms with Crippen molar-refractivity contribution < 1.29 is 19.6 Å². The van der Waals surface area contributed by atoms with Crippen LogP contribution in [0.4, 0.5) is 5.69 Å². The highest BCUT2D eigenvalue weighted by Gasteiger charge is 2.22. The number of amides is 1. The third kappa shape index (κ3) is 4.75. The van der Waals surface area contributed by atoms with E-state index in [0.717, 1.165) is 0 Å². The molecule has 0 bridgehead atoms. The van der Waals surface area contributed by atoms with Gasteiger partial charge in [-0.15, -0.1) is 0 Å². The van der Waals surface area contributed by atoms with Gasteiger partial charge in [-0.1, -0.05) is 0 Å². The van der Waals surface area contributed by atoms with E-state index in [1.165, 1.54) is 24.3 Å². The second-order valence-corrected chi connectivity index (χ2v) is 5.44. The number of nitrogens with zero attached hydrogens (tertiary/aromatic N) is 3. The van der Waals surface area contributed by atoms with Gasteiger partial charge in [-0.3, -0.25) is 24.6 Å². The summed E-state index contributed by atoms with van der Waals surface area (Å²) in [6.07, 6.45) is 0.758. The van der Waals surface area contributed by atoms with Gasteiger partial charge in [0.1, 0.15) is 0 Å². The van der Waals surface area contributed by atoms with Crippen molar-refractivity contribution in [2.24, 2.45) is 0 Å². The summed E-state index contributed by atoms with van der Waals surface area (Å²) in [6.45, 7) is 3.27. The number of aliphatic carboxylic acids is 1. The lowest BCUT2D eigenvalue weighted by Crippen LogP contribution is -2.48. The van der Waals surface area contributed by atoms with Crippen LogP contribution in [0, 0.1) is 10.1 Å². The molecule has 23 heavy (non-hydrogen) atoms. The SMILES string of the molecule is O=C(O)CCCN1CCN(C(=O)c2ccc([N+](=O)[O-])cc2)CC1. The van der Waals surface area contributed by atoms with E-state index in [4.69, 9.17) is 5.11 Å². The van der Waals surface area contributed by atoms with Gasteiger partial charge in [0, 0.05) is 50.3 Å². The average molecular weight is 321 g/mol. The quantitative estimate of drug-likeness (QED) is 0.624. The zero-order chi connectivity index (χ0) is 16.8. The van der Waals surface area contributed by atoms with Crippen LogP contribution in [0.2, 0.25) is 0 Å². The fourth-order valence-electron chi connectivity index (χ4n) is 2.54. The molecule has 1 N–H and O–H groups in total. The van der Waals surface area contributed by atoms with E-state index in [1.807, 2.05) is 0 Å². The summed E-state index contributed by atoms with van der Waals surface area (Å²) < 4.78 is 0. The number of benzene rings is 1. The highest BCUT2D eigenvalue weighted by Crippen LogP contribution is 2.14. The molecule has 0 aliphatic carbocycles. The van der Waals surface area contributed by atoms with Crippen LogP contribution in [-0.2, 0) is 4.79 Å². The van der Waals surface area contributed by atoms with Crippen molar-refractivity contribution in [3.05, 3.63) is 39.9 Å². The maximum absolute atomic E-state index is 12.4. The summed E-state index contributed by atoms with van der Waals surface area (Å²) in [6, 6.07) is 5.60. The summed E-state index contributed by atoms with van der Waals surface area (Å²) >= 11 is 0. The third-order valence-corrected chi connectivity index (χ3v) is 3.85. The van der Waals surface area contributed by atoms with Gasteiger partial charge < -0.3 is 10.0 Å². The maximum atomic E-state index is 12.4. The average Bonchev–Trinajstić information content (AvgIpc) is 2.54. The van der Waals surface area contributed by atoms with Crippen LogP contribution in [0.3, 0.4) is 0 Å². The van der Waals surface area contributed by atoms with Crippen LogP contribution in [-0.4, -0.2) is 64.4 Å². The molecule has 0 saturated carbocycles. The molecule has 1 aliphatic heterocycles. The fraction of sp³-hybridized carbons (Fsp3) is 0.467. The summed E-state index contributed by atoms with van der Waals surface area (Å²) in [4.78, 5) is 36.8. The Hall–Kier alpha value is -2.48. The van der Waals surface area contributed by atoms with Crippen molar-refractivity contribution in [2.75, 3.05) is 32.7 Å². The zero-order valence-corrected chi connectivity index (χ0v) is 12.7. The first kappa shape index (κ1) is 16.9. The van der Waals surface area contributed by atoms with Gasteiger partial charge in [0.15, 0.2) is 0 Å². The number of carboxylic acid groups (broad SMARTS) is 1. The van der Waals surface area contributed by atoms with Crippen molar-refractivity contribution >= 4 is 17.6 Å². The van der Waals surface area contributed by atoms with Crippen LogP contribution < -0.4 is 0 Å². The van der Waals surface area contributed by atoms with Gasteiger partial charge in [-0.05, 0) is 25.1 Å².